The van der Waals surface area contributed by atoms with Gasteiger partial charge in [0.05, 0.1) is 6.42 Å². The maximum atomic E-state index is 12.8. The lowest BCUT2D eigenvalue weighted by atomic mass is 10.0. The van der Waals surface area contributed by atoms with E-state index in [-0.39, 0.29) is 19.8 Å². The van der Waals surface area contributed by atoms with Crippen molar-refractivity contribution in [3.8, 4) is 0 Å². The average Bonchev–Trinajstić information content (AvgIpc) is 3.22. The molecular weight excluding hydrogens is 422 g/mol. The summed E-state index contributed by atoms with van der Waals surface area (Å²) in [6.45, 7) is -0.225. The van der Waals surface area contributed by atoms with Crippen LogP contribution in [0.4, 0.5) is 4.79 Å². The van der Waals surface area contributed by atoms with Crippen LogP contribution in [0.15, 0.2) is 91.0 Å². The molecule has 7 nitrogen and oxygen atoms in total. The lowest BCUT2D eigenvalue weighted by molar-refractivity contribution is -0.151. The van der Waals surface area contributed by atoms with E-state index >= 15 is 0 Å². The van der Waals surface area contributed by atoms with Crippen molar-refractivity contribution < 1.29 is 28.6 Å². The van der Waals surface area contributed by atoms with Gasteiger partial charge in [-0.1, -0.05) is 91.0 Å². The van der Waals surface area contributed by atoms with Crippen LogP contribution in [0.2, 0.25) is 0 Å². The molecule has 7 heteroatoms. The van der Waals surface area contributed by atoms with Gasteiger partial charge in [0.1, 0.15) is 12.6 Å². The number of rotatable bonds is 7. The van der Waals surface area contributed by atoms with E-state index < -0.39 is 30.2 Å². The molecule has 33 heavy (non-hydrogen) atoms. The fraction of sp³-hybridized carbons (Fsp3) is 0.192. The number of hydrogen-bond donors (Lipinski definition) is 0. The van der Waals surface area contributed by atoms with Crippen molar-refractivity contribution in [2.24, 2.45) is 0 Å². The van der Waals surface area contributed by atoms with Crippen molar-refractivity contribution in [2.45, 2.75) is 25.2 Å². The van der Waals surface area contributed by atoms with Crippen LogP contribution < -0.4 is 0 Å². The molecule has 0 radical (unpaired) electrons. The lowest BCUT2D eigenvalue weighted by Crippen LogP contribution is -2.40. The minimum Gasteiger partial charge on any atom is -0.452 e. The first-order valence-electron chi connectivity index (χ1n) is 10.5. The van der Waals surface area contributed by atoms with Crippen molar-refractivity contribution >= 4 is 18.0 Å². The van der Waals surface area contributed by atoms with E-state index in [1.165, 1.54) is 0 Å². The van der Waals surface area contributed by atoms with Crippen LogP contribution in [0.25, 0.3) is 0 Å². The van der Waals surface area contributed by atoms with Gasteiger partial charge >= 0.3 is 18.0 Å². The Morgan fingerprint density at radius 1 is 0.879 bits per heavy atom. The molecule has 1 amide bonds. The molecule has 0 spiro atoms. The molecule has 0 aliphatic carbocycles. The maximum Gasteiger partial charge on any atom is 0.413 e. The lowest BCUT2D eigenvalue weighted by Gasteiger charge is -2.22. The van der Waals surface area contributed by atoms with E-state index in [2.05, 4.69) is 0 Å². The monoisotopic (exact) mass is 445 g/mol. The number of carbonyl (C=O) groups is 3. The predicted molar refractivity (Wildman–Crippen MR) is 119 cm³/mol. The van der Waals surface area contributed by atoms with E-state index in [1.54, 1.807) is 0 Å². The SMILES string of the molecule is O=C(C[C@H]1C(=O)OCN1C(=O)OCc1ccccc1)OC(c1ccccc1)c1ccccc1. The molecule has 3 aromatic carbocycles. The summed E-state index contributed by atoms with van der Waals surface area (Å²) in [7, 11) is 0. The van der Waals surface area contributed by atoms with Crippen molar-refractivity contribution in [1.29, 1.82) is 0 Å². The summed E-state index contributed by atoms with van der Waals surface area (Å²) in [4.78, 5) is 38.7. The Hall–Kier alpha value is -4.13. The number of carbonyl (C=O) groups excluding carboxylic acids is 3. The summed E-state index contributed by atoms with van der Waals surface area (Å²) >= 11 is 0. The fourth-order valence-corrected chi connectivity index (χ4v) is 3.54. The molecule has 4 rings (SSSR count). The third-order valence-electron chi connectivity index (χ3n) is 5.25. The molecule has 1 atom stereocenters. The number of ether oxygens (including phenoxy) is 3. The minimum absolute atomic E-state index is 0.0472. The molecule has 1 heterocycles. The van der Waals surface area contributed by atoms with Crippen molar-refractivity contribution in [3.63, 3.8) is 0 Å². The number of benzene rings is 3. The second-order valence-corrected chi connectivity index (χ2v) is 7.51. The van der Waals surface area contributed by atoms with E-state index in [4.69, 9.17) is 14.2 Å². The van der Waals surface area contributed by atoms with Crippen molar-refractivity contribution in [1.82, 2.24) is 4.90 Å². The average molecular weight is 445 g/mol. The van der Waals surface area contributed by atoms with Gasteiger partial charge < -0.3 is 14.2 Å². The molecule has 0 N–H and O–H groups in total. The van der Waals surface area contributed by atoms with Gasteiger partial charge in [-0.3, -0.25) is 9.69 Å². The van der Waals surface area contributed by atoms with Crippen LogP contribution in [0.5, 0.6) is 0 Å². The third-order valence-corrected chi connectivity index (χ3v) is 5.25. The van der Waals surface area contributed by atoms with Crippen LogP contribution in [0.1, 0.15) is 29.2 Å². The van der Waals surface area contributed by atoms with Crippen LogP contribution >= 0.6 is 0 Å². The number of hydrogen-bond acceptors (Lipinski definition) is 6. The first kappa shape index (κ1) is 22.1. The van der Waals surface area contributed by atoms with Crippen molar-refractivity contribution in [2.75, 3.05) is 6.73 Å². The summed E-state index contributed by atoms with van der Waals surface area (Å²) in [6, 6.07) is 26.7. The molecule has 168 valence electrons. The molecule has 0 unspecified atom stereocenters. The summed E-state index contributed by atoms with van der Waals surface area (Å²) in [5.74, 6) is -1.29. The normalized spacial score (nSPS) is 15.2. The van der Waals surface area contributed by atoms with Gasteiger partial charge in [-0.2, -0.15) is 0 Å². The van der Waals surface area contributed by atoms with Crippen LogP contribution in [0, 0.1) is 0 Å². The zero-order chi connectivity index (χ0) is 23.0. The van der Waals surface area contributed by atoms with Gasteiger partial charge in [-0.15, -0.1) is 0 Å². The second kappa shape index (κ2) is 10.5. The van der Waals surface area contributed by atoms with Gasteiger partial charge in [-0.05, 0) is 16.7 Å². The molecule has 1 aliphatic heterocycles. The van der Waals surface area contributed by atoms with Gasteiger partial charge in [0.25, 0.3) is 0 Å². The van der Waals surface area contributed by atoms with E-state index in [9.17, 15) is 14.4 Å². The fourth-order valence-electron chi connectivity index (χ4n) is 3.54. The summed E-state index contributed by atoms with van der Waals surface area (Å²) in [5, 5.41) is 0. The molecule has 1 fully saturated rings. The maximum absolute atomic E-state index is 12.8. The Balaban J connectivity index is 1.43. The summed E-state index contributed by atoms with van der Waals surface area (Å²) in [5.41, 5.74) is 2.40. The zero-order valence-corrected chi connectivity index (χ0v) is 17.8. The van der Waals surface area contributed by atoms with E-state index in [0.717, 1.165) is 21.6 Å². The Morgan fingerprint density at radius 2 is 1.42 bits per heavy atom. The Morgan fingerprint density at radius 3 is 2.00 bits per heavy atom. The first-order chi connectivity index (χ1) is 16.1. The van der Waals surface area contributed by atoms with E-state index in [1.807, 2.05) is 91.0 Å². The summed E-state index contributed by atoms with van der Waals surface area (Å²) < 4.78 is 16.1. The Bertz CT molecular complexity index is 1050. The smallest absolute Gasteiger partial charge is 0.413 e. The Kier molecular flexibility index (Phi) is 6.99. The quantitative estimate of drug-likeness (QED) is 0.400. The molecule has 0 bridgehead atoms. The molecule has 1 aliphatic rings. The highest BCUT2D eigenvalue weighted by Gasteiger charge is 2.41. The van der Waals surface area contributed by atoms with Crippen LogP contribution in [-0.2, 0) is 30.4 Å². The predicted octanol–water partition coefficient (Wildman–Crippen LogP) is 4.23. The highest BCUT2D eigenvalue weighted by Crippen LogP contribution is 2.27. The molecular formula is C26H23NO6. The minimum atomic E-state index is -1.10. The van der Waals surface area contributed by atoms with Crippen LogP contribution in [0.3, 0.4) is 0 Å². The molecule has 3 aromatic rings. The van der Waals surface area contributed by atoms with E-state index in [0.29, 0.717) is 0 Å². The topological polar surface area (TPSA) is 82.1 Å². The van der Waals surface area contributed by atoms with Gasteiger partial charge in [0, 0.05) is 0 Å². The van der Waals surface area contributed by atoms with Gasteiger partial charge in [0.15, 0.2) is 12.8 Å². The number of nitrogens with zero attached hydrogens (tertiary/aromatic N) is 1. The third kappa shape index (κ3) is 5.57. The highest BCUT2D eigenvalue weighted by molar-refractivity contribution is 5.88. The number of cyclic esters (lactones) is 1. The van der Waals surface area contributed by atoms with Crippen LogP contribution in [-0.4, -0.2) is 35.7 Å². The molecule has 1 saturated heterocycles. The Labute approximate surface area is 191 Å². The molecule has 0 aromatic heterocycles. The first-order valence-corrected chi connectivity index (χ1v) is 10.5. The standard InChI is InChI=1S/C26H23NO6/c28-23(33-24(20-12-6-2-7-13-20)21-14-8-3-9-15-21)16-22-25(29)32-18-27(22)26(30)31-17-19-10-4-1-5-11-19/h1-15,22,24H,16-18H2/t22-/m0/s1. The number of esters is 2. The van der Waals surface area contributed by atoms with Gasteiger partial charge in [0.2, 0.25) is 0 Å². The highest BCUT2D eigenvalue weighted by atomic mass is 16.6. The van der Waals surface area contributed by atoms with Crippen molar-refractivity contribution in [3.05, 3.63) is 108 Å². The van der Waals surface area contributed by atoms with Gasteiger partial charge in [-0.25, -0.2) is 9.59 Å². The molecule has 0 saturated carbocycles. The zero-order valence-electron chi connectivity index (χ0n) is 17.8. The largest absolute Gasteiger partial charge is 0.452 e. The second-order valence-electron chi connectivity index (χ2n) is 7.51. The number of amides is 1. The summed E-state index contributed by atoms with van der Waals surface area (Å²) in [6.07, 6.45) is -1.71.